The summed E-state index contributed by atoms with van der Waals surface area (Å²) in [6.45, 7) is 2.05. The van der Waals surface area contributed by atoms with Crippen molar-refractivity contribution in [2.24, 2.45) is 11.7 Å². The smallest absolute Gasteiger partial charge is 0.0760 e. The molecule has 0 heterocycles. The summed E-state index contributed by atoms with van der Waals surface area (Å²) in [4.78, 5) is 0. The average molecular weight is 256 g/mol. The standard InChI is InChI=1S/C14H21NO.ClH/c1-10-6-2-5-9-12(10)13(15)14(16)11-7-3-4-8-11;/h2,5-6,9,11,13-14,16H,3-4,7-8,15H2,1H3;1H/t13-,14+;/m0./s1. The number of aliphatic hydroxyl groups excluding tert-OH is 1. The number of benzene rings is 1. The normalized spacial score (nSPS) is 19.7. The minimum Gasteiger partial charge on any atom is -0.391 e. The fourth-order valence-corrected chi connectivity index (χ4v) is 2.74. The van der Waals surface area contributed by atoms with Gasteiger partial charge in [0.2, 0.25) is 0 Å². The first-order valence-electron chi connectivity index (χ1n) is 6.19. The first kappa shape index (κ1) is 14.5. The van der Waals surface area contributed by atoms with E-state index in [0.717, 1.165) is 18.4 Å². The van der Waals surface area contributed by atoms with Gasteiger partial charge >= 0.3 is 0 Å². The fourth-order valence-electron chi connectivity index (χ4n) is 2.74. The molecule has 96 valence electrons. The highest BCUT2D eigenvalue weighted by molar-refractivity contribution is 5.85. The Bertz CT molecular complexity index is 350. The number of hydrogen-bond donors (Lipinski definition) is 2. The van der Waals surface area contributed by atoms with Crippen molar-refractivity contribution in [3.05, 3.63) is 35.4 Å². The molecule has 0 radical (unpaired) electrons. The van der Waals surface area contributed by atoms with Gasteiger partial charge in [0.05, 0.1) is 12.1 Å². The van der Waals surface area contributed by atoms with Crippen LogP contribution in [-0.2, 0) is 0 Å². The van der Waals surface area contributed by atoms with Gasteiger partial charge in [-0.2, -0.15) is 0 Å². The Kier molecular flexibility index (Phi) is 5.44. The number of halogens is 1. The molecular weight excluding hydrogens is 234 g/mol. The Morgan fingerprint density at radius 2 is 1.82 bits per heavy atom. The van der Waals surface area contributed by atoms with Gasteiger partial charge in [0, 0.05) is 0 Å². The molecule has 17 heavy (non-hydrogen) atoms. The lowest BCUT2D eigenvalue weighted by molar-refractivity contribution is 0.0843. The van der Waals surface area contributed by atoms with E-state index in [-0.39, 0.29) is 24.6 Å². The van der Waals surface area contributed by atoms with Crippen LogP contribution in [0.2, 0.25) is 0 Å². The number of nitrogens with two attached hydrogens (primary N) is 1. The number of hydrogen-bond acceptors (Lipinski definition) is 2. The van der Waals surface area contributed by atoms with Crippen molar-refractivity contribution in [1.29, 1.82) is 0 Å². The van der Waals surface area contributed by atoms with E-state index in [1.807, 2.05) is 18.2 Å². The van der Waals surface area contributed by atoms with E-state index in [0.29, 0.717) is 5.92 Å². The molecule has 1 aromatic carbocycles. The second kappa shape index (κ2) is 6.39. The maximum Gasteiger partial charge on any atom is 0.0760 e. The molecule has 2 rings (SSSR count). The van der Waals surface area contributed by atoms with Gasteiger partial charge in [-0.3, -0.25) is 0 Å². The molecule has 1 aromatic rings. The van der Waals surface area contributed by atoms with Crippen LogP contribution in [0.3, 0.4) is 0 Å². The molecule has 0 bridgehead atoms. The van der Waals surface area contributed by atoms with Crippen molar-refractivity contribution >= 4 is 12.4 Å². The summed E-state index contributed by atoms with van der Waals surface area (Å²) in [5, 5.41) is 10.3. The third-order valence-electron chi connectivity index (χ3n) is 3.80. The Labute approximate surface area is 110 Å². The predicted octanol–water partition coefficient (Wildman–Crippen LogP) is 2.97. The Morgan fingerprint density at radius 1 is 1.24 bits per heavy atom. The molecule has 1 aliphatic rings. The van der Waals surface area contributed by atoms with Gasteiger partial charge in [-0.1, -0.05) is 37.1 Å². The molecule has 0 saturated heterocycles. The van der Waals surface area contributed by atoms with Crippen molar-refractivity contribution < 1.29 is 5.11 Å². The summed E-state index contributed by atoms with van der Waals surface area (Å²) in [5.41, 5.74) is 8.43. The van der Waals surface area contributed by atoms with E-state index >= 15 is 0 Å². The van der Waals surface area contributed by atoms with E-state index in [1.54, 1.807) is 0 Å². The summed E-state index contributed by atoms with van der Waals surface area (Å²) in [7, 11) is 0. The molecule has 2 nitrogen and oxygen atoms in total. The Hall–Kier alpha value is -0.570. The molecule has 1 aliphatic carbocycles. The van der Waals surface area contributed by atoms with Crippen LogP contribution in [0, 0.1) is 12.8 Å². The van der Waals surface area contributed by atoms with Crippen LogP contribution in [0.1, 0.15) is 42.9 Å². The second-order valence-electron chi connectivity index (χ2n) is 4.92. The summed E-state index contributed by atoms with van der Waals surface area (Å²) in [6.07, 6.45) is 4.34. The van der Waals surface area contributed by atoms with Crippen molar-refractivity contribution in [2.45, 2.75) is 44.8 Å². The highest BCUT2D eigenvalue weighted by Gasteiger charge is 2.29. The van der Waals surface area contributed by atoms with Crippen LogP contribution in [0.4, 0.5) is 0 Å². The molecule has 0 aromatic heterocycles. The lowest BCUT2D eigenvalue weighted by Gasteiger charge is -2.25. The molecule has 0 amide bonds. The average Bonchev–Trinajstić information content (AvgIpc) is 2.81. The van der Waals surface area contributed by atoms with E-state index in [2.05, 4.69) is 13.0 Å². The van der Waals surface area contributed by atoms with Crippen molar-refractivity contribution in [1.82, 2.24) is 0 Å². The van der Waals surface area contributed by atoms with Crippen LogP contribution in [0.15, 0.2) is 24.3 Å². The summed E-state index contributed by atoms with van der Waals surface area (Å²) < 4.78 is 0. The maximum atomic E-state index is 10.3. The van der Waals surface area contributed by atoms with Crippen molar-refractivity contribution in [3.63, 3.8) is 0 Å². The summed E-state index contributed by atoms with van der Waals surface area (Å²) in [5.74, 6) is 0.398. The Balaban J connectivity index is 0.00000144. The van der Waals surface area contributed by atoms with Crippen LogP contribution >= 0.6 is 12.4 Å². The Morgan fingerprint density at radius 3 is 2.41 bits per heavy atom. The van der Waals surface area contributed by atoms with Gasteiger partial charge in [0.1, 0.15) is 0 Å². The molecule has 1 fully saturated rings. The quantitative estimate of drug-likeness (QED) is 0.872. The second-order valence-corrected chi connectivity index (χ2v) is 4.92. The monoisotopic (exact) mass is 255 g/mol. The maximum absolute atomic E-state index is 10.3. The number of rotatable bonds is 3. The van der Waals surface area contributed by atoms with Gasteiger partial charge in [0.15, 0.2) is 0 Å². The SMILES string of the molecule is Cc1ccccc1[C@H](N)[C@H](O)C1CCCC1.Cl. The molecule has 3 N–H and O–H groups in total. The minimum absolute atomic E-state index is 0. The molecule has 0 unspecified atom stereocenters. The summed E-state index contributed by atoms with van der Waals surface area (Å²) >= 11 is 0. The highest BCUT2D eigenvalue weighted by atomic mass is 35.5. The van der Waals surface area contributed by atoms with Gasteiger partial charge in [-0.25, -0.2) is 0 Å². The van der Waals surface area contributed by atoms with Crippen LogP contribution in [-0.4, -0.2) is 11.2 Å². The molecule has 0 spiro atoms. The molecule has 3 heteroatoms. The van der Waals surface area contributed by atoms with Crippen LogP contribution in [0.5, 0.6) is 0 Å². The van der Waals surface area contributed by atoms with Gasteiger partial charge < -0.3 is 10.8 Å². The van der Waals surface area contributed by atoms with Crippen LogP contribution in [0.25, 0.3) is 0 Å². The van der Waals surface area contributed by atoms with Crippen LogP contribution < -0.4 is 5.73 Å². The molecule has 1 saturated carbocycles. The lowest BCUT2D eigenvalue weighted by Crippen LogP contribution is -2.32. The summed E-state index contributed by atoms with van der Waals surface area (Å²) in [6, 6.07) is 7.84. The first-order chi connectivity index (χ1) is 7.70. The number of aliphatic hydroxyl groups is 1. The zero-order chi connectivity index (χ0) is 11.5. The first-order valence-corrected chi connectivity index (χ1v) is 6.19. The minimum atomic E-state index is -0.386. The zero-order valence-corrected chi connectivity index (χ0v) is 11.1. The molecule has 0 aliphatic heterocycles. The van der Waals surface area contributed by atoms with Gasteiger partial charge in [-0.05, 0) is 36.8 Å². The topological polar surface area (TPSA) is 46.2 Å². The number of aryl methyl sites for hydroxylation is 1. The van der Waals surface area contributed by atoms with E-state index < -0.39 is 0 Å². The molecular formula is C14H22ClNO. The van der Waals surface area contributed by atoms with Gasteiger partial charge in [0.25, 0.3) is 0 Å². The third kappa shape index (κ3) is 3.21. The molecule has 2 atom stereocenters. The van der Waals surface area contributed by atoms with E-state index in [4.69, 9.17) is 5.73 Å². The lowest BCUT2D eigenvalue weighted by atomic mass is 9.89. The van der Waals surface area contributed by atoms with Crippen molar-refractivity contribution in [3.8, 4) is 0 Å². The fraction of sp³-hybridized carbons (Fsp3) is 0.571. The third-order valence-corrected chi connectivity index (χ3v) is 3.80. The van der Waals surface area contributed by atoms with E-state index in [9.17, 15) is 5.11 Å². The van der Waals surface area contributed by atoms with Gasteiger partial charge in [-0.15, -0.1) is 12.4 Å². The predicted molar refractivity (Wildman–Crippen MR) is 73.3 cm³/mol. The largest absolute Gasteiger partial charge is 0.391 e. The zero-order valence-electron chi connectivity index (χ0n) is 10.3. The highest BCUT2D eigenvalue weighted by Crippen LogP contribution is 2.33. The van der Waals surface area contributed by atoms with Crippen molar-refractivity contribution in [2.75, 3.05) is 0 Å². The van der Waals surface area contributed by atoms with E-state index in [1.165, 1.54) is 18.4 Å².